The lowest BCUT2D eigenvalue weighted by Gasteiger charge is -2.29. The quantitative estimate of drug-likeness (QED) is 0.744. The molecule has 1 aromatic heterocycles. The number of hydrogen-bond donors (Lipinski definition) is 2. The van der Waals surface area contributed by atoms with E-state index in [0.717, 1.165) is 29.7 Å². The Bertz CT molecular complexity index is 497. The highest BCUT2D eigenvalue weighted by atomic mass is 16.3. The van der Waals surface area contributed by atoms with Gasteiger partial charge in [0.05, 0.1) is 17.1 Å². The van der Waals surface area contributed by atoms with E-state index >= 15 is 0 Å². The number of H-pyrrole nitrogens is 1. The number of benzene rings is 1. The number of aryl methyl sites for hydroxylation is 1. The number of hydrogen-bond acceptors (Lipinski definition) is 2. The molecule has 0 atom stereocenters. The van der Waals surface area contributed by atoms with Crippen molar-refractivity contribution < 1.29 is 5.11 Å². The fourth-order valence-corrected chi connectivity index (χ4v) is 2.20. The smallest absolute Gasteiger partial charge is 0.110 e. The summed E-state index contributed by atoms with van der Waals surface area (Å²) in [7, 11) is 0. The Kier molecular flexibility index (Phi) is 1.83. The molecule has 3 rings (SSSR count). The molecule has 0 amide bonds. The average molecular weight is 202 g/mol. The molecule has 1 heterocycles. The number of para-hydroxylation sites is 1. The topological polar surface area (TPSA) is 48.9 Å². The van der Waals surface area contributed by atoms with Gasteiger partial charge in [-0.2, -0.15) is 0 Å². The number of nitrogens with zero attached hydrogens (tertiary/aromatic N) is 1. The van der Waals surface area contributed by atoms with Crippen LogP contribution < -0.4 is 0 Å². The predicted octanol–water partition coefficient (Wildman–Crippen LogP) is 2.11. The van der Waals surface area contributed by atoms with Crippen LogP contribution in [0.25, 0.3) is 11.0 Å². The van der Waals surface area contributed by atoms with Crippen LogP contribution in [0.2, 0.25) is 0 Å². The number of imidazole rings is 1. The number of nitrogens with one attached hydrogen (secondary N) is 1. The number of aromatic amines is 1. The van der Waals surface area contributed by atoms with Gasteiger partial charge in [-0.05, 0) is 31.4 Å². The molecule has 78 valence electrons. The molecule has 1 aliphatic carbocycles. The second kappa shape index (κ2) is 3.07. The van der Waals surface area contributed by atoms with Gasteiger partial charge in [0.25, 0.3) is 0 Å². The Morgan fingerprint density at radius 3 is 2.87 bits per heavy atom. The van der Waals surface area contributed by atoms with Crippen LogP contribution in [-0.2, 0) is 0 Å². The van der Waals surface area contributed by atoms with Crippen molar-refractivity contribution >= 4 is 11.0 Å². The minimum atomic E-state index is -0.121. The Morgan fingerprint density at radius 2 is 2.20 bits per heavy atom. The third-order valence-corrected chi connectivity index (χ3v) is 3.23. The van der Waals surface area contributed by atoms with Gasteiger partial charge in [0.2, 0.25) is 0 Å². The number of rotatable bonds is 1. The SMILES string of the molecule is Cc1cccc2[nH]c(C3CC(O)C3)nc12. The Morgan fingerprint density at radius 1 is 1.40 bits per heavy atom. The maximum atomic E-state index is 9.27. The Labute approximate surface area is 88.2 Å². The molecule has 1 fully saturated rings. The monoisotopic (exact) mass is 202 g/mol. The van der Waals surface area contributed by atoms with E-state index in [4.69, 9.17) is 0 Å². The fourth-order valence-electron chi connectivity index (χ4n) is 2.20. The van der Waals surface area contributed by atoms with E-state index in [1.54, 1.807) is 0 Å². The molecule has 1 saturated carbocycles. The maximum Gasteiger partial charge on any atom is 0.110 e. The first-order valence-corrected chi connectivity index (χ1v) is 5.37. The van der Waals surface area contributed by atoms with Crippen LogP contribution in [0.5, 0.6) is 0 Å². The molecule has 1 aromatic carbocycles. The van der Waals surface area contributed by atoms with E-state index in [-0.39, 0.29) is 6.10 Å². The highest BCUT2D eigenvalue weighted by Crippen LogP contribution is 2.36. The molecular weight excluding hydrogens is 188 g/mol. The summed E-state index contributed by atoms with van der Waals surface area (Å²) in [4.78, 5) is 7.94. The number of aliphatic hydroxyl groups excluding tert-OH is 1. The lowest BCUT2D eigenvalue weighted by molar-refractivity contribution is 0.0720. The van der Waals surface area contributed by atoms with E-state index in [9.17, 15) is 5.11 Å². The molecule has 3 nitrogen and oxygen atoms in total. The zero-order chi connectivity index (χ0) is 10.4. The molecule has 0 unspecified atom stereocenters. The van der Waals surface area contributed by atoms with Gasteiger partial charge in [0, 0.05) is 5.92 Å². The average Bonchev–Trinajstić information content (AvgIpc) is 2.58. The van der Waals surface area contributed by atoms with Crippen LogP contribution in [0, 0.1) is 6.92 Å². The first-order chi connectivity index (χ1) is 7.24. The Balaban J connectivity index is 2.03. The molecule has 2 aromatic rings. The maximum absolute atomic E-state index is 9.27. The van der Waals surface area contributed by atoms with Crippen molar-refractivity contribution in [1.82, 2.24) is 9.97 Å². The van der Waals surface area contributed by atoms with Crippen molar-refractivity contribution in [3.63, 3.8) is 0 Å². The highest BCUT2D eigenvalue weighted by molar-refractivity contribution is 5.78. The highest BCUT2D eigenvalue weighted by Gasteiger charge is 2.30. The second-order valence-corrected chi connectivity index (χ2v) is 4.42. The third kappa shape index (κ3) is 1.35. The molecular formula is C12H14N2O. The van der Waals surface area contributed by atoms with Gasteiger partial charge < -0.3 is 10.1 Å². The summed E-state index contributed by atoms with van der Waals surface area (Å²) in [6.07, 6.45) is 1.57. The van der Waals surface area contributed by atoms with Gasteiger partial charge in [0.1, 0.15) is 5.82 Å². The first kappa shape index (κ1) is 8.92. The van der Waals surface area contributed by atoms with E-state index in [0.29, 0.717) is 5.92 Å². The van der Waals surface area contributed by atoms with E-state index < -0.39 is 0 Å². The molecule has 0 aliphatic heterocycles. The van der Waals surface area contributed by atoms with Gasteiger partial charge >= 0.3 is 0 Å². The molecule has 0 bridgehead atoms. The van der Waals surface area contributed by atoms with E-state index in [1.165, 1.54) is 5.56 Å². The second-order valence-electron chi connectivity index (χ2n) is 4.42. The van der Waals surface area contributed by atoms with Crippen molar-refractivity contribution in [3.8, 4) is 0 Å². The molecule has 0 saturated heterocycles. The molecule has 2 N–H and O–H groups in total. The largest absolute Gasteiger partial charge is 0.393 e. The van der Waals surface area contributed by atoms with Gasteiger partial charge in [-0.3, -0.25) is 0 Å². The first-order valence-electron chi connectivity index (χ1n) is 5.37. The van der Waals surface area contributed by atoms with Crippen molar-refractivity contribution in [2.45, 2.75) is 31.8 Å². The van der Waals surface area contributed by atoms with E-state index in [1.807, 2.05) is 12.1 Å². The summed E-state index contributed by atoms with van der Waals surface area (Å²) >= 11 is 0. The summed E-state index contributed by atoms with van der Waals surface area (Å²) in [5.74, 6) is 1.45. The molecule has 3 heteroatoms. The van der Waals surface area contributed by atoms with Crippen LogP contribution in [0.1, 0.15) is 30.1 Å². The van der Waals surface area contributed by atoms with Crippen LogP contribution in [0.15, 0.2) is 18.2 Å². The van der Waals surface area contributed by atoms with Gasteiger partial charge in [0.15, 0.2) is 0 Å². The number of aromatic nitrogens is 2. The normalized spacial score (nSPS) is 25.5. The molecule has 0 radical (unpaired) electrons. The van der Waals surface area contributed by atoms with Crippen LogP contribution in [-0.4, -0.2) is 21.2 Å². The lowest BCUT2D eigenvalue weighted by Crippen LogP contribution is -2.27. The standard InChI is InChI=1S/C12H14N2O/c1-7-3-2-4-10-11(7)14-12(13-10)8-5-9(15)6-8/h2-4,8-9,15H,5-6H2,1H3,(H,13,14). The van der Waals surface area contributed by atoms with E-state index in [2.05, 4.69) is 23.0 Å². The van der Waals surface area contributed by atoms with Crippen molar-refractivity contribution in [3.05, 3.63) is 29.6 Å². The van der Waals surface area contributed by atoms with Crippen LogP contribution in [0.3, 0.4) is 0 Å². The van der Waals surface area contributed by atoms with Crippen LogP contribution in [0.4, 0.5) is 0 Å². The minimum Gasteiger partial charge on any atom is -0.393 e. The molecule has 0 spiro atoms. The van der Waals surface area contributed by atoms with Gasteiger partial charge in [-0.25, -0.2) is 4.98 Å². The summed E-state index contributed by atoms with van der Waals surface area (Å²) in [5.41, 5.74) is 3.37. The van der Waals surface area contributed by atoms with Crippen molar-refractivity contribution in [1.29, 1.82) is 0 Å². The zero-order valence-corrected chi connectivity index (χ0v) is 8.70. The van der Waals surface area contributed by atoms with Crippen molar-refractivity contribution in [2.75, 3.05) is 0 Å². The van der Waals surface area contributed by atoms with Crippen molar-refractivity contribution in [2.24, 2.45) is 0 Å². The van der Waals surface area contributed by atoms with Gasteiger partial charge in [-0.15, -0.1) is 0 Å². The molecule has 1 aliphatic rings. The number of aliphatic hydroxyl groups is 1. The lowest BCUT2D eigenvalue weighted by atomic mass is 9.82. The summed E-state index contributed by atoms with van der Waals surface area (Å²) in [5, 5.41) is 9.27. The third-order valence-electron chi connectivity index (χ3n) is 3.23. The Hall–Kier alpha value is -1.35. The summed E-state index contributed by atoms with van der Waals surface area (Å²) in [6.45, 7) is 2.07. The zero-order valence-electron chi connectivity index (χ0n) is 8.70. The number of fused-ring (bicyclic) bond motifs is 1. The van der Waals surface area contributed by atoms with Crippen LogP contribution >= 0.6 is 0 Å². The minimum absolute atomic E-state index is 0.121. The predicted molar refractivity (Wildman–Crippen MR) is 58.8 cm³/mol. The summed E-state index contributed by atoms with van der Waals surface area (Å²) < 4.78 is 0. The molecule has 15 heavy (non-hydrogen) atoms. The summed E-state index contributed by atoms with van der Waals surface area (Å²) in [6, 6.07) is 6.16. The fraction of sp³-hybridized carbons (Fsp3) is 0.417. The van der Waals surface area contributed by atoms with Gasteiger partial charge in [-0.1, -0.05) is 12.1 Å².